The average Bonchev–Trinajstić information content (AvgIpc) is 2.42. The van der Waals surface area contributed by atoms with Gasteiger partial charge in [0.05, 0.1) is 21.6 Å². The van der Waals surface area contributed by atoms with E-state index in [-0.39, 0.29) is 5.69 Å². The Kier molecular flexibility index (Phi) is 4.09. The number of nitro groups is 1. The highest BCUT2D eigenvalue weighted by Gasteiger charge is 2.22. The molecule has 0 radical (unpaired) electrons. The zero-order valence-electron chi connectivity index (χ0n) is 12.4. The van der Waals surface area contributed by atoms with Gasteiger partial charge >= 0.3 is 0 Å². The van der Waals surface area contributed by atoms with Gasteiger partial charge in [0.25, 0.3) is 5.69 Å². The van der Waals surface area contributed by atoms with Gasteiger partial charge < -0.3 is 10.0 Å². The molecule has 1 N–H and O–H groups in total. The Hall–Kier alpha value is -2.21. The van der Waals surface area contributed by atoms with Crippen molar-refractivity contribution in [3.8, 4) is 0 Å². The minimum atomic E-state index is -0.862. The Labute approximate surface area is 123 Å². The van der Waals surface area contributed by atoms with E-state index in [2.05, 4.69) is 4.98 Å². The maximum atomic E-state index is 11.1. The molecular formula is C15H19N3O3. The number of likely N-dealkylation sites (N-methyl/N-ethyl adjacent to an activating group) is 1. The number of benzene rings is 1. The number of aliphatic hydroxyl groups is 1. The highest BCUT2D eigenvalue weighted by molar-refractivity contribution is 5.97. The first-order chi connectivity index (χ1) is 9.83. The van der Waals surface area contributed by atoms with Gasteiger partial charge in [-0.3, -0.25) is 15.1 Å². The van der Waals surface area contributed by atoms with Gasteiger partial charge in [0.15, 0.2) is 0 Å². The van der Waals surface area contributed by atoms with Crippen molar-refractivity contribution in [1.82, 2.24) is 4.98 Å². The molecule has 0 aliphatic rings. The highest BCUT2D eigenvalue weighted by Crippen LogP contribution is 2.32. The summed E-state index contributed by atoms with van der Waals surface area (Å²) >= 11 is 0. The lowest BCUT2D eigenvalue weighted by atomic mass is 10.1. The van der Waals surface area contributed by atoms with E-state index in [1.165, 1.54) is 6.07 Å². The summed E-state index contributed by atoms with van der Waals surface area (Å²) in [6, 6.07) is 6.57. The Balaban J connectivity index is 2.59. The van der Waals surface area contributed by atoms with Crippen molar-refractivity contribution in [2.75, 3.05) is 18.0 Å². The van der Waals surface area contributed by atoms with Gasteiger partial charge in [0.1, 0.15) is 5.52 Å². The summed E-state index contributed by atoms with van der Waals surface area (Å²) in [7, 11) is 0. The molecule has 0 spiro atoms. The lowest BCUT2D eigenvalue weighted by Gasteiger charge is -2.30. The summed E-state index contributed by atoms with van der Waals surface area (Å²) in [5, 5.41) is 21.7. The van der Waals surface area contributed by atoms with Crippen molar-refractivity contribution in [1.29, 1.82) is 0 Å². The number of anilines is 1. The van der Waals surface area contributed by atoms with E-state index >= 15 is 0 Å². The van der Waals surface area contributed by atoms with Gasteiger partial charge in [-0.15, -0.1) is 0 Å². The first-order valence-corrected chi connectivity index (χ1v) is 6.83. The van der Waals surface area contributed by atoms with Crippen molar-refractivity contribution in [2.45, 2.75) is 26.4 Å². The third kappa shape index (κ3) is 3.28. The summed E-state index contributed by atoms with van der Waals surface area (Å²) in [6.07, 6.45) is 1.62. The molecule has 0 saturated heterocycles. The highest BCUT2D eigenvalue weighted by atomic mass is 16.6. The quantitative estimate of drug-likeness (QED) is 0.676. The molecule has 1 aromatic carbocycles. The number of rotatable bonds is 5. The molecule has 0 aliphatic heterocycles. The Bertz CT molecular complexity index is 665. The third-order valence-corrected chi connectivity index (χ3v) is 3.22. The van der Waals surface area contributed by atoms with Crippen molar-refractivity contribution >= 4 is 22.3 Å². The average molecular weight is 289 g/mol. The van der Waals surface area contributed by atoms with Crippen molar-refractivity contribution in [3.63, 3.8) is 0 Å². The van der Waals surface area contributed by atoms with Crippen molar-refractivity contribution in [3.05, 3.63) is 40.6 Å². The zero-order chi connectivity index (χ0) is 15.6. The van der Waals surface area contributed by atoms with Gasteiger partial charge in [0, 0.05) is 25.4 Å². The first-order valence-electron chi connectivity index (χ1n) is 6.83. The van der Waals surface area contributed by atoms with Gasteiger partial charge in [0.2, 0.25) is 0 Å². The van der Waals surface area contributed by atoms with Gasteiger partial charge in [-0.05, 0) is 39.0 Å². The number of aromatic nitrogens is 1. The Morgan fingerprint density at radius 1 is 1.38 bits per heavy atom. The van der Waals surface area contributed by atoms with Crippen LogP contribution in [0.5, 0.6) is 0 Å². The third-order valence-electron chi connectivity index (χ3n) is 3.22. The molecule has 2 aromatic rings. The second-order valence-corrected chi connectivity index (χ2v) is 5.59. The first kappa shape index (κ1) is 15.2. The summed E-state index contributed by atoms with van der Waals surface area (Å²) in [6.45, 7) is 6.54. The van der Waals surface area contributed by atoms with E-state index in [4.69, 9.17) is 0 Å². The van der Waals surface area contributed by atoms with Gasteiger partial charge in [-0.2, -0.15) is 0 Å². The molecule has 0 fully saturated rings. The number of hydrogen-bond acceptors (Lipinski definition) is 5. The number of nitro benzene ring substituents is 1. The van der Waals surface area contributed by atoms with E-state index in [9.17, 15) is 15.2 Å². The second-order valence-electron chi connectivity index (χ2n) is 5.59. The molecule has 1 heterocycles. The fourth-order valence-corrected chi connectivity index (χ4v) is 2.39. The van der Waals surface area contributed by atoms with E-state index in [1.807, 2.05) is 11.8 Å². The molecule has 0 saturated carbocycles. The van der Waals surface area contributed by atoms with Crippen LogP contribution in [0.3, 0.4) is 0 Å². The normalized spacial score (nSPS) is 11.6. The molecular weight excluding hydrogens is 270 g/mol. The van der Waals surface area contributed by atoms with Crippen LogP contribution in [0, 0.1) is 10.1 Å². The standard InChI is InChI=1S/C15H19N3O3/c1-4-17(10-15(2,3)19)13-8-7-12(18(20)21)11-6-5-9-16-14(11)13/h5-9,19H,4,10H2,1-3H3. The van der Waals surface area contributed by atoms with Crippen LogP contribution in [-0.4, -0.2) is 33.7 Å². The molecule has 0 bridgehead atoms. The van der Waals surface area contributed by atoms with Crippen LogP contribution < -0.4 is 4.90 Å². The van der Waals surface area contributed by atoms with Crippen LogP contribution in [-0.2, 0) is 0 Å². The lowest BCUT2D eigenvalue weighted by Crippen LogP contribution is -2.38. The largest absolute Gasteiger partial charge is 0.389 e. The van der Waals surface area contributed by atoms with Crippen LogP contribution >= 0.6 is 0 Å². The molecule has 2 rings (SSSR count). The number of fused-ring (bicyclic) bond motifs is 1. The molecule has 0 amide bonds. The van der Waals surface area contributed by atoms with E-state index in [1.54, 1.807) is 38.2 Å². The number of non-ortho nitro benzene ring substituents is 1. The van der Waals surface area contributed by atoms with Gasteiger partial charge in [-0.25, -0.2) is 0 Å². The molecule has 0 unspecified atom stereocenters. The summed E-state index contributed by atoms with van der Waals surface area (Å²) in [5.41, 5.74) is 0.554. The number of hydrogen-bond donors (Lipinski definition) is 1. The molecule has 1 aromatic heterocycles. The predicted molar refractivity (Wildman–Crippen MR) is 82.6 cm³/mol. The van der Waals surface area contributed by atoms with Crippen molar-refractivity contribution < 1.29 is 10.0 Å². The maximum Gasteiger partial charge on any atom is 0.278 e. The summed E-state index contributed by atoms with van der Waals surface area (Å²) in [4.78, 5) is 17.0. The van der Waals surface area contributed by atoms with Crippen LogP contribution in [0.2, 0.25) is 0 Å². The van der Waals surface area contributed by atoms with E-state index in [0.717, 1.165) is 5.69 Å². The fourth-order valence-electron chi connectivity index (χ4n) is 2.39. The maximum absolute atomic E-state index is 11.1. The van der Waals surface area contributed by atoms with Crippen LogP contribution in [0.1, 0.15) is 20.8 Å². The molecule has 112 valence electrons. The van der Waals surface area contributed by atoms with Crippen LogP contribution in [0.25, 0.3) is 10.9 Å². The smallest absolute Gasteiger partial charge is 0.278 e. The van der Waals surface area contributed by atoms with Crippen molar-refractivity contribution in [2.24, 2.45) is 0 Å². The topological polar surface area (TPSA) is 79.5 Å². The molecule has 0 atom stereocenters. The Morgan fingerprint density at radius 2 is 2.10 bits per heavy atom. The SMILES string of the molecule is CCN(CC(C)(C)O)c1ccc([N+](=O)[O-])c2cccnc12. The van der Waals surface area contributed by atoms with E-state index in [0.29, 0.717) is 24.0 Å². The van der Waals surface area contributed by atoms with Crippen LogP contribution in [0.15, 0.2) is 30.5 Å². The summed E-state index contributed by atoms with van der Waals surface area (Å²) < 4.78 is 0. The van der Waals surface area contributed by atoms with E-state index < -0.39 is 10.5 Å². The molecule has 6 nitrogen and oxygen atoms in total. The monoisotopic (exact) mass is 289 g/mol. The molecule has 6 heteroatoms. The van der Waals surface area contributed by atoms with Gasteiger partial charge in [-0.1, -0.05) is 0 Å². The molecule has 21 heavy (non-hydrogen) atoms. The zero-order valence-corrected chi connectivity index (χ0v) is 12.4. The van der Waals surface area contributed by atoms with Crippen LogP contribution in [0.4, 0.5) is 11.4 Å². The molecule has 0 aliphatic carbocycles. The number of pyridine rings is 1. The minimum Gasteiger partial charge on any atom is -0.389 e. The lowest BCUT2D eigenvalue weighted by molar-refractivity contribution is -0.383. The second kappa shape index (κ2) is 5.65. The summed E-state index contributed by atoms with van der Waals surface area (Å²) in [5.74, 6) is 0. The minimum absolute atomic E-state index is 0.0427. The fraction of sp³-hybridized carbons (Fsp3) is 0.400. The Morgan fingerprint density at radius 3 is 2.67 bits per heavy atom. The predicted octanol–water partition coefficient (Wildman–Crippen LogP) is 2.74. The number of nitrogens with zero attached hydrogens (tertiary/aromatic N) is 3.